The second-order valence-corrected chi connectivity index (χ2v) is 7.90. The lowest BCUT2D eigenvalue weighted by molar-refractivity contribution is 0.510. The highest BCUT2D eigenvalue weighted by Crippen LogP contribution is 2.24. The number of benzene rings is 1. The number of nitrogen functional groups attached to an aromatic ring is 1. The van der Waals surface area contributed by atoms with Crippen molar-refractivity contribution in [3.63, 3.8) is 0 Å². The fraction of sp³-hybridized carbons (Fsp3) is 0.308. The van der Waals surface area contributed by atoms with Gasteiger partial charge in [0, 0.05) is 36.9 Å². The first-order valence-electron chi connectivity index (χ1n) is 6.22. The number of halogens is 1. The second-order valence-electron chi connectivity index (χ2n) is 4.94. The molecule has 2 rings (SSSR count). The average Bonchev–Trinajstić information content (AvgIpc) is 2.84. The molecule has 0 spiro atoms. The van der Waals surface area contributed by atoms with Gasteiger partial charge in [-0.2, -0.15) is 12.7 Å². The second kappa shape index (κ2) is 5.78. The van der Waals surface area contributed by atoms with Crippen LogP contribution in [0.1, 0.15) is 16.8 Å². The van der Waals surface area contributed by atoms with Gasteiger partial charge in [-0.25, -0.2) is 8.96 Å². The highest BCUT2D eigenvalue weighted by Gasteiger charge is 2.17. The van der Waals surface area contributed by atoms with Crippen LogP contribution in [0.25, 0.3) is 0 Å². The molecule has 0 atom stereocenters. The molecule has 0 aliphatic carbocycles. The number of imidazole rings is 1. The summed E-state index contributed by atoms with van der Waals surface area (Å²) in [6.07, 6.45) is 3.35. The molecule has 0 amide bonds. The summed E-state index contributed by atoms with van der Waals surface area (Å²) in [5.41, 5.74) is 9.28. The van der Waals surface area contributed by atoms with E-state index in [9.17, 15) is 8.42 Å². The Morgan fingerprint density at radius 1 is 1.38 bits per heavy atom. The molecule has 1 aromatic heterocycles. The Kier molecular flexibility index (Phi) is 4.40. The molecule has 0 saturated carbocycles. The van der Waals surface area contributed by atoms with Crippen molar-refractivity contribution in [2.24, 2.45) is 0 Å². The van der Waals surface area contributed by atoms with Gasteiger partial charge in [0.05, 0.1) is 5.69 Å². The number of nitrogens with two attached hydrogens (primary N) is 1. The summed E-state index contributed by atoms with van der Waals surface area (Å²) in [4.78, 5) is 4.16. The zero-order valence-corrected chi connectivity index (χ0v) is 14.4. The van der Waals surface area contributed by atoms with Gasteiger partial charge < -0.3 is 5.73 Å². The summed E-state index contributed by atoms with van der Waals surface area (Å²) < 4.78 is 27.1. The summed E-state index contributed by atoms with van der Waals surface area (Å²) in [7, 11) is -0.561. The van der Waals surface area contributed by atoms with Crippen LogP contribution < -0.4 is 5.73 Å². The summed E-state index contributed by atoms with van der Waals surface area (Å²) in [5, 5.41) is 0. The predicted molar refractivity (Wildman–Crippen MR) is 86.3 cm³/mol. The van der Waals surface area contributed by atoms with Crippen molar-refractivity contribution < 1.29 is 8.42 Å². The van der Waals surface area contributed by atoms with Crippen LogP contribution in [0.3, 0.4) is 0 Å². The first-order valence-corrected chi connectivity index (χ1v) is 8.41. The number of rotatable bonds is 4. The van der Waals surface area contributed by atoms with Crippen molar-refractivity contribution in [2.45, 2.75) is 13.3 Å². The minimum atomic E-state index is -3.52. The van der Waals surface area contributed by atoms with E-state index < -0.39 is 10.2 Å². The number of aromatic nitrogens is 2. The third-order valence-corrected chi connectivity index (χ3v) is 5.35. The summed E-state index contributed by atoms with van der Waals surface area (Å²) in [6.45, 7) is 1.94. The van der Waals surface area contributed by atoms with Crippen LogP contribution in [0.2, 0.25) is 0 Å². The first-order chi connectivity index (χ1) is 9.71. The van der Waals surface area contributed by atoms with Gasteiger partial charge in [0.15, 0.2) is 0 Å². The molecule has 0 aliphatic heterocycles. The lowest BCUT2D eigenvalue weighted by atomic mass is 10.0. The van der Waals surface area contributed by atoms with E-state index in [1.165, 1.54) is 26.6 Å². The standard InChI is InChI=1S/C13H17BrN4O2S/c1-9-10(4-11(14)6-13(9)15)5-12-7-18(8-16-12)21(19,20)17(2)3/h4,6-8H,5,15H2,1-3H3. The zero-order valence-electron chi connectivity index (χ0n) is 12.0. The van der Waals surface area contributed by atoms with Gasteiger partial charge in [0.25, 0.3) is 0 Å². The van der Waals surface area contributed by atoms with Crippen molar-refractivity contribution in [2.75, 3.05) is 19.8 Å². The van der Waals surface area contributed by atoms with Crippen LogP contribution in [-0.4, -0.2) is 35.8 Å². The fourth-order valence-electron chi connectivity index (χ4n) is 1.89. The topological polar surface area (TPSA) is 81.2 Å². The number of hydrogen-bond acceptors (Lipinski definition) is 4. The third kappa shape index (κ3) is 3.28. The lowest BCUT2D eigenvalue weighted by Crippen LogP contribution is -2.27. The maximum atomic E-state index is 12.0. The molecule has 0 aliphatic rings. The lowest BCUT2D eigenvalue weighted by Gasteiger charge is -2.11. The normalized spacial score (nSPS) is 12.0. The maximum Gasteiger partial charge on any atom is 0.308 e. The van der Waals surface area contributed by atoms with Crippen molar-refractivity contribution >= 4 is 31.8 Å². The molecule has 2 N–H and O–H groups in total. The molecule has 6 nitrogen and oxygen atoms in total. The Labute approximate surface area is 132 Å². The maximum absolute atomic E-state index is 12.0. The average molecular weight is 373 g/mol. The van der Waals surface area contributed by atoms with E-state index in [2.05, 4.69) is 20.9 Å². The smallest absolute Gasteiger partial charge is 0.308 e. The van der Waals surface area contributed by atoms with Crippen LogP contribution >= 0.6 is 15.9 Å². The Balaban J connectivity index is 2.33. The van der Waals surface area contributed by atoms with Gasteiger partial charge >= 0.3 is 10.2 Å². The fourth-order valence-corrected chi connectivity index (χ4v) is 3.21. The van der Waals surface area contributed by atoms with E-state index in [0.29, 0.717) is 17.8 Å². The highest BCUT2D eigenvalue weighted by atomic mass is 79.9. The van der Waals surface area contributed by atoms with E-state index in [4.69, 9.17) is 5.73 Å². The molecular formula is C13H17BrN4O2S. The summed E-state index contributed by atoms with van der Waals surface area (Å²) >= 11 is 3.41. The van der Waals surface area contributed by atoms with Gasteiger partial charge in [-0.3, -0.25) is 0 Å². The van der Waals surface area contributed by atoms with Crippen LogP contribution in [0.4, 0.5) is 5.69 Å². The van der Waals surface area contributed by atoms with Crippen LogP contribution in [0.5, 0.6) is 0 Å². The molecule has 1 heterocycles. The summed E-state index contributed by atoms with van der Waals surface area (Å²) in [5.74, 6) is 0. The van der Waals surface area contributed by atoms with Crippen LogP contribution in [0.15, 0.2) is 29.1 Å². The summed E-state index contributed by atoms with van der Waals surface area (Å²) in [6, 6.07) is 3.80. The monoisotopic (exact) mass is 372 g/mol. The predicted octanol–water partition coefficient (Wildman–Crippen LogP) is 1.78. The molecule has 0 saturated heterocycles. The zero-order chi connectivity index (χ0) is 15.8. The van der Waals surface area contributed by atoms with E-state index in [1.807, 2.05) is 19.1 Å². The minimum absolute atomic E-state index is 0.519. The Morgan fingerprint density at radius 2 is 2.05 bits per heavy atom. The van der Waals surface area contributed by atoms with Crippen LogP contribution in [0, 0.1) is 6.92 Å². The molecule has 114 valence electrons. The molecular weight excluding hydrogens is 356 g/mol. The van der Waals surface area contributed by atoms with Crippen molar-refractivity contribution in [1.29, 1.82) is 0 Å². The van der Waals surface area contributed by atoms with E-state index in [-0.39, 0.29) is 0 Å². The van der Waals surface area contributed by atoms with Gasteiger partial charge in [0.1, 0.15) is 6.33 Å². The van der Waals surface area contributed by atoms with E-state index in [1.54, 1.807) is 0 Å². The molecule has 21 heavy (non-hydrogen) atoms. The Bertz CT molecular complexity index is 768. The molecule has 0 bridgehead atoms. The van der Waals surface area contributed by atoms with E-state index in [0.717, 1.165) is 23.9 Å². The van der Waals surface area contributed by atoms with Gasteiger partial charge in [0.2, 0.25) is 0 Å². The van der Waals surface area contributed by atoms with Gasteiger partial charge in [-0.1, -0.05) is 15.9 Å². The molecule has 0 unspecified atom stereocenters. The van der Waals surface area contributed by atoms with Crippen LogP contribution in [-0.2, 0) is 16.6 Å². The molecule has 8 heteroatoms. The SMILES string of the molecule is Cc1c(N)cc(Br)cc1Cc1cn(S(=O)(=O)N(C)C)cn1. The molecule has 0 radical (unpaired) electrons. The van der Waals surface area contributed by atoms with Crippen molar-refractivity contribution in [1.82, 2.24) is 13.3 Å². The minimum Gasteiger partial charge on any atom is -0.398 e. The quantitative estimate of drug-likeness (QED) is 0.829. The van der Waals surface area contributed by atoms with Gasteiger partial charge in [-0.15, -0.1) is 0 Å². The van der Waals surface area contributed by atoms with Crippen molar-refractivity contribution in [3.8, 4) is 0 Å². The molecule has 2 aromatic rings. The molecule has 1 aromatic carbocycles. The van der Waals surface area contributed by atoms with E-state index >= 15 is 0 Å². The van der Waals surface area contributed by atoms with Crippen molar-refractivity contribution in [3.05, 3.63) is 46.0 Å². The first kappa shape index (κ1) is 16.0. The largest absolute Gasteiger partial charge is 0.398 e. The Hall–Kier alpha value is -1.38. The Morgan fingerprint density at radius 3 is 2.67 bits per heavy atom. The van der Waals surface area contributed by atoms with Gasteiger partial charge in [-0.05, 0) is 30.2 Å². The molecule has 0 fully saturated rings. The highest BCUT2D eigenvalue weighted by molar-refractivity contribution is 9.10. The third-order valence-electron chi connectivity index (χ3n) is 3.23. The number of nitrogens with zero attached hydrogens (tertiary/aromatic N) is 3. The number of hydrogen-bond donors (Lipinski definition) is 1. The number of anilines is 1.